The molecule has 0 aliphatic carbocycles. The van der Waals surface area contributed by atoms with Crippen LogP contribution in [0.5, 0.6) is 0 Å². The SMILES string of the molecule is B[C@@H]1O[C@H](CN)C(O)[C@@H]1C. The first-order chi connectivity index (χ1) is 4.66. The third kappa shape index (κ3) is 1.19. The van der Waals surface area contributed by atoms with Gasteiger partial charge in [-0.15, -0.1) is 0 Å². The number of hydrogen-bond donors (Lipinski definition) is 2. The zero-order valence-electron chi connectivity index (χ0n) is 6.45. The van der Waals surface area contributed by atoms with Crippen molar-refractivity contribution >= 4 is 7.85 Å². The normalized spacial score (nSPS) is 47.9. The van der Waals surface area contributed by atoms with Crippen molar-refractivity contribution in [1.82, 2.24) is 0 Å². The van der Waals surface area contributed by atoms with Gasteiger partial charge in [0.05, 0.1) is 12.2 Å². The van der Waals surface area contributed by atoms with Crippen molar-refractivity contribution in [1.29, 1.82) is 0 Å². The molecule has 1 aliphatic rings. The number of aliphatic hydroxyl groups excluding tert-OH is 1. The van der Waals surface area contributed by atoms with Gasteiger partial charge in [0.1, 0.15) is 7.85 Å². The van der Waals surface area contributed by atoms with Gasteiger partial charge >= 0.3 is 0 Å². The average molecular weight is 143 g/mol. The van der Waals surface area contributed by atoms with Gasteiger partial charge in [-0.25, -0.2) is 0 Å². The third-order valence-corrected chi connectivity index (χ3v) is 2.28. The maximum atomic E-state index is 9.42. The van der Waals surface area contributed by atoms with E-state index in [-0.39, 0.29) is 24.1 Å². The van der Waals surface area contributed by atoms with Crippen LogP contribution < -0.4 is 5.73 Å². The van der Waals surface area contributed by atoms with E-state index in [4.69, 9.17) is 10.5 Å². The van der Waals surface area contributed by atoms with Gasteiger partial charge in [-0.2, -0.15) is 0 Å². The molecule has 58 valence electrons. The summed E-state index contributed by atoms with van der Waals surface area (Å²) in [5, 5.41) is 9.42. The standard InChI is InChI=1S/C6H14BNO2/c1-3-5(9)4(2-8)10-6(3)7/h3-6,9H,2,7-8H2,1H3/t3-,4+,5?,6+/m0/s1. The van der Waals surface area contributed by atoms with Crippen molar-refractivity contribution in [2.24, 2.45) is 11.7 Å². The zero-order chi connectivity index (χ0) is 7.72. The van der Waals surface area contributed by atoms with Crippen LogP contribution in [0.3, 0.4) is 0 Å². The molecular weight excluding hydrogens is 129 g/mol. The first-order valence-electron chi connectivity index (χ1n) is 3.70. The molecule has 4 heteroatoms. The van der Waals surface area contributed by atoms with Crippen molar-refractivity contribution in [2.75, 3.05) is 6.54 Å². The van der Waals surface area contributed by atoms with Gasteiger partial charge in [0.25, 0.3) is 0 Å². The Morgan fingerprint density at radius 3 is 2.50 bits per heavy atom. The molecule has 1 heterocycles. The minimum atomic E-state index is -0.375. The van der Waals surface area contributed by atoms with Crippen molar-refractivity contribution in [3.05, 3.63) is 0 Å². The van der Waals surface area contributed by atoms with Crippen LogP contribution in [0, 0.1) is 5.92 Å². The van der Waals surface area contributed by atoms with E-state index in [1.807, 2.05) is 14.8 Å². The van der Waals surface area contributed by atoms with E-state index < -0.39 is 0 Å². The third-order valence-electron chi connectivity index (χ3n) is 2.28. The van der Waals surface area contributed by atoms with E-state index >= 15 is 0 Å². The summed E-state index contributed by atoms with van der Waals surface area (Å²) in [6.07, 6.45) is -0.523. The van der Waals surface area contributed by atoms with Gasteiger partial charge in [0.15, 0.2) is 0 Å². The van der Waals surface area contributed by atoms with E-state index in [1.54, 1.807) is 0 Å². The Hall–Kier alpha value is -0.0551. The van der Waals surface area contributed by atoms with Crippen LogP contribution in [0.25, 0.3) is 0 Å². The monoisotopic (exact) mass is 143 g/mol. The molecule has 0 bridgehead atoms. The summed E-state index contributed by atoms with van der Waals surface area (Å²) < 4.78 is 5.36. The molecule has 1 unspecified atom stereocenters. The maximum Gasteiger partial charge on any atom is 0.139 e. The Labute approximate surface area is 62.0 Å². The minimum absolute atomic E-state index is 0.142. The van der Waals surface area contributed by atoms with E-state index in [2.05, 4.69) is 0 Å². The zero-order valence-corrected chi connectivity index (χ0v) is 6.45. The van der Waals surface area contributed by atoms with Gasteiger partial charge in [0, 0.05) is 18.5 Å². The largest absolute Gasteiger partial charge is 0.390 e. The Morgan fingerprint density at radius 2 is 2.30 bits per heavy atom. The topological polar surface area (TPSA) is 55.5 Å². The summed E-state index contributed by atoms with van der Waals surface area (Å²) in [5.41, 5.74) is 5.36. The predicted octanol–water partition coefficient (Wildman–Crippen LogP) is -1.70. The maximum absolute atomic E-state index is 9.42. The summed E-state index contributed by atoms with van der Waals surface area (Å²) in [6, 6.07) is 0.142. The smallest absolute Gasteiger partial charge is 0.139 e. The first-order valence-corrected chi connectivity index (χ1v) is 3.70. The Bertz CT molecular complexity index is 122. The second-order valence-electron chi connectivity index (χ2n) is 2.97. The lowest BCUT2D eigenvalue weighted by atomic mass is 9.86. The van der Waals surface area contributed by atoms with Gasteiger partial charge in [0.2, 0.25) is 0 Å². The molecule has 1 saturated heterocycles. The van der Waals surface area contributed by atoms with Crippen molar-refractivity contribution in [3.8, 4) is 0 Å². The van der Waals surface area contributed by atoms with Crippen molar-refractivity contribution < 1.29 is 9.84 Å². The quantitative estimate of drug-likeness (QED) is 0.430. The fourth-order valence-corrected chi connectivity index (χ4v) is 1.29. The predicted molar refractivity (Wildman–Crippen MR) is 41.4 cm³/mol. The lowest BCUT2D eigenvalue weighted by Crippen LogP contribution is -2.31. The lowest BCUT2D eigenvalue weighted by molar-refractivity contribution is 0.0378. The second-order valence-corrected chi connectivity index (χ2v) is 2.97. The van der Waals surface area contributed by atoms with Crippen LogP contribution in [0.1, 0.15) is 6.92 Å². The van der Waals surface area contributed by atoms with Crippen LogP contribution in [-0.2, 0) is 4.74 Å². The lowest BCUT2D eigenvalue weighted by Gasteiger charge is -2.11. The van der Waals surface area contributed by atoms with Gasteiger partial charge in [-0.05, 0) is 0 Å². The molecule has 0 aromatic heterocycles. The highest BCUT2D eigenvalue weighted by Gasteiger charge is 2.36. The highest BCUT2D eigenvalue weighted by atomic mass is 16.5. The molecule has 10 heavy (non-hydrogen) atoms. The number of ether oxygens (including phenoxy) is 1. The fraction of sp³-hybridized carbons (Fsp3) is 1.00. The van der Waals surface area contributed by atoms with E-state index in [1.165, 1.54) is 0 Å². The highest BCUT2D eigenvalue weighted by molar-refractivity contribution is 6.11. The number of rotatable bonds is 1. The van der Waals surface area contributed by atoms with Crippen LogP contribution in [0.2, 0.25) is 0 Å². The molecule has 0 spiro atoms. The summed E-state index contributed by atoms with van der Waals surface area (Å²) >= 11 is 0. The summed E-state index contributed by atoms with van der Waals surface area (Å²) in [4.78, 5) is 0. The van der Waals surface area contributed by atoms with Crippen LogP contribution in [0.4, 0.5) is 0 Å². The van der Waals surface area contributed by atoms with Gasteiger partial charge in [-0.1, -0.05) is 6.92 Å². The summed E-state index contributed by atoms with van der Waals surface area (Å²) in [6.45, 7) is 2.39. The highest BCUT2D eigenvalue weighted by Crippen LogP contribution is 2.23. The fourth-order valence-electron chi connectivity index (χ4n) is 1.29. The molecule has 0 saturated carbocycles. The van der Waals surface area contributed by atoms with Crippen molar-refractivity contribution in [3.63, 3.8) is 0 Å². The van der Waals surface area contributed by atoms with E-state index in [0.717, 1.165) is 0 Å². The van der Waals surface area contributed by atoms with Crippen LogP contribution in [0.15, 0.2) is 0 Å². The summed E-state index contributed by atoms with van der Waals surface area (Å²) in [7, 11) is 1.96. The first kappa shape index (κ1) is 8.05. The number of hydrogen-bond acceptors (Lipinski definition) is 3. The van der Waals surface area contributed by atoms with E-state index in [9.17, 15) is 5.11 Å². The number of nitrogens with two attached hydrogens (primary N) is 1. The summed E-state index contributed by atoms with van der Waals surface area (Å²) in [5.74, 6) is 0.216. The van der Waals surface area contributed by atoms with Gasteiger partial charge in [-0.3, -0.25) is 0 Å². The second kappa shape index (κ2) is 2.90. The molecule has 0 aromatic carbocycles. The van der Waals surface area contributed by atoms with E-state index in [0.29, 0.717) is 6.54 Å². The van der Waals surface area contributed by atoms with Crippen LogP contribution >= 0.6 is 0 Å². The van der Waals surface area contributed by atoms with Crippen molar-refractivity contribution in [2.45, 2.75) is 25.1 Å². The molecule has 0 amide bonds. The molecule has 1 aliphatic heterocycles. The molecule has 1 fully saturated rings. The molecule has 4 atom stereocenters. The average Bonchev–Trinajstić information content (AvgIpc) is 2.17. The molecular formula is C6H14BNO2. The molecule has 3 N–H and O–H groups in total. The Morgan fingerprint density at radius 1 is 1.70 bits per heavy atom. The number of aliphatic hydroxyl groups is 1. The molecule has 3 nitrogen and oxygen atoms in total. The Balaban J connectivity index is 2.53. The Kier molecular flexibility index (Phi) is 2.34. The molecule has 0 aromatic rings. The molecule has 1 rings (SSSR count). The minimum Gasteiger partial charge on any atom is -0.390 e. The van der Waals surface area contributed by atoms with Crippen LogP contribution in [-0.4, -0.2) is 37.7 Å². The molecule has 0 radical (unpaired) electrons. The van der Waals surface area contributed by atoms with Gasteiger partial charge < -0.3 is 15.6 Å².